The zero-order valence-electron chi connectivity index (χ0n) is 10.6. The summed E-state index contributed by atoms with van der Waals surface area (Å²) in [6.07, 6.45) is 6.90. The van der Waals surface area contributed by atoms with E-state index in [4.69, 9.17) is 11.2 Å². The Morgan fingerprint density at radius 2 is 2.13 bits per heavy atom. The number of hydrogen-bond donors (Lipinski definition) is 1. The predicted octanol–water partition coefficient (Wildman–Crippen LogP) is 2.19. The molecule has 1 N–H and O–H groups in total. The van der Waals surface area contributed by atoms with Crippen molar-refractivity contribution < 1.29 is 4.74 Å². The molecule has 0 aliphatic heterocycles. The molecule has 15 heavy (non-hydrogen) atoms. The molecule has 0 aromatic rings. The molecule has 0 bridgehead atoms. The van der Waals surface area contributed by atoms with Crippen molar-refractivity contribution in [2.75, 3.05) is 6.61 Å². The first-order valence-corrected chi connectivity index (χ1v) is 5.70. The molecule has 1 saturated carbocycles. The van der Waals surface area contributed by atoms with Gasteiger partial charge in [0.1, 0.15) is 0 Å². The molecule has 1 aliphatic carbocycles. The minimum atomic E-state index is -0.223. The highest BCUT2D eigenvalue weighted by Gasteiger charge is 2.49. The lowest BCUT2D eigenvalue weighted by Crippen LogP contribution is -2.64. The maximum Gasteiger partial charge on any atom is 0.0743 e. The molecule has 0 amide bonds. The van der Waals surface area contributed by atoms with Gasteiger partial charge in [0.15, 0.2) is 0 Å². The van der Waals surface area contributed by atoms with E-state index in [2.05, 4.69) is 25.1 Å². The third kappa shape index (κ3) is 2.53. The van der Waals surface area contributed by atoms with Crippen LogP contribution in [0.3, 0.4) is 0 Å². The Morgan fingerprint density at radius 1 is 1.53 bits per heavy atom. The molecule has 1 aliphatic rings. The van der Waals surface area contributed by atoms with E-state index >= 15 is 0 Å². The van der Waals surface area contributed by atoms with Crippen LogP contribution in [-0.2, 0) is 4.74 Å². The maximum absolute atomic E-state index is 5.68. The van der Waals surface area contributed by atoms with Crippen molar-refractivity contribution in [2.45, 2.75) is 58.7 Å². The molecular formula is C13H23NO. The standard InChI is InChI=1S/C13H23NO/c1-7-12(3,4)14-10-9-11(15-8-2)13(10,5)6/h1,10-11,14H,8-9H2,2-6H3. The molecule has 0 aromatic carbocycles. The lowest BCUT2D eigenvalue weighted by atomic mass is 9.64. The smallest absolute Gasteiger partial charge is 0.0743 e. The Balaban J connectivity index is 2.53. The van der Waals surface area contributed by atoms with E-state index in [0.717, 1.165) is 13.0 Å². The minimum Gasteiger partial charge on any atom is -0.378 e. The lowest BCUT2D eigenvalue weighted by Gasteiger charge is -2.53. The van der Waals surface area contributed by atoms with Crippen molar-refractivity contribution >= 4 is 0 Å². The van der Waals surface area contributed by atoms with Gasteiger partial charge in [0.2, 0.25) is 0 Å². The quantitative estimate of drug-likeness (QED) is 0.717. The highest BCUT2D eigenvalue weighted by Crippen LogP contribution is 2.43. The molecule has 0 saturated heterocycles. The maximum atomic E-state index is 5.68. The fourth-order valence-electron chi connectivity index (χ4n) is 2.09. The molecule has 0 heterocycles. The van der Waals surface area contributed by atoms with Gasteiger partial charge in [-0.2, -0.15) is 0 Å². The summed E-state index contributed by atoms with van der Waals surface area (Å²) in [6.45, 7) is 11.4. The fraction of sp³-hybridized carbons (Fsp3) is 0.846. The molecule has 2 nitrogen and oxygen atoms in total. The molecule has 2 unspecified atom stereocenters. The normalized spacial score (nSPS) is 29.3. The van der Waals surface area contributed by atoms with Gasteiger partial charge in [0.05, 0.1) is 11.6 Å². The monoisotopic (exact) mass is 209 g/mol. The summed E-state index contributed by atoms with van der Waals surface area (Å²) in [5.74, 6) is 2.77. The van der Waals surface area contributed by atoms with E-state index in [0.29, 0.717) is 12.1 Å². The molecule has 1 rings (SSSR count). The highest BCUT2D eigenvalue weighted by atomic mass is 16.5. The van der Waals surface area contributed by atoms with Crippen LogP contribution in [0.1, 0.15) is 41.0 Å². The number of terminal acetylenes is 1. The number of hydrogen-bond acceptors (Lipinski definition) is 2. The topological polar surface area (TPSA) is 21.3 Å². The molecular weight excluding hydrogens is 186 g/mol. The third-order valence-electron chi connectivity index (χ3n) is 3.44. The highest BCUT2D eigenvalue weighted by molar-refractivity contribution is 5.13. The van der Waals surface area contributed by atoms with Crippen LogP contribution in [0, 0.1) is 17.8 Å². The fourth-order valence-corrected chi connectivity index (χ4v) is 2.09. The van der Waals surface area contributed by atoms with Crippen molar-refractivity contribution in [3.63, 3.8) is 0 Å². The van der Waals surface area contributed by atoms with E-state index in [9.17, 15) is 0 Å². The number of ether oxygens (including phenoxy) is 1. The SMILES string of the molecule is C#CC(C)(C)NC1CC(OCC)C1(C)C. The zero-order chi connectivity index (χ0) is 11.7. The Bertz CT molecular complexity index is 262. The lowest BCUT2D eigenvalue weighted by molar-refractivity contribution is -0.117. The van der Waals surface area contributed by atoms with Crippen molar-refractivity contribution in [3.8, 4) is 12.3 Å². The van der Waals surface area contributed by atoms with Gasteiger partial charge in [0.25, 0.3) is 0 Å². The van der Waals surface area contributed by atoms with Crippen LogP contribution >= 0.6 is 0 Å². The summed E-state index contributed by atoms with van der Waals surface area (Å²) >= 11 is 0. The van der Waals surface area contributed by atoms with Gasteiger partial charge in [-0.25, -0.2) is 0 Å². The Hall–Kier alpha value is -0.520. The summed E-state index contributed by atoms with van der Waals surface area (Å²) in [7, 11) is 0. The molecule has 1 fully saturated rings. The molecule has 0 spiro atoms. The van der Waals surface area contributed by atoms with Gasteiger partial charge in [-0.3, -0.25) is 5.32 Å². The van der Waals surface area contributed by atoms with E-state index in [1.807, 2.05) is 20.8 Å². The summed E-state index contributed by atoms with van der Waals surface area (Å²) in [5, 5.41) is 3.50. The average molecular weight is 209 g/mol. The predicted molar refractivity (Wildman–Crippen MR) is 63.6 cm³/mol. The Labute approximate surface area is 93.8 Å². The molecule has 0 aromatic heterocycles. The van der Waals surface area contributed by atoms with Crippen molar-refractivity contribution in [1.29, 1.82) is 0 Å². The molecule has 2 atom stereocenters. The van der Waals surface area contributed by atoms with Crippen LogP contribution in [0.15, 0.2) is 0 Å². The zero-order valence-corrected chi connectivity index (χ0v) is 10.6. The second kappa shape index (κ2) is 4.15. The van der Waals surface area contributed by atoms with E-state index < -0.39 is 0 Å². The van der Waals surface area contributed by atoms with Crippen LogP contribution < -0.4 is 5.32 Å². The first kappa shape index (κ1) is 12.5. The molecule has 0 radical (unpaired) electrons. The summed E-state index contributed by atoms with van der Waals surface area (Å²) < 4.78 is 5.68. The van der Waals surface area contributed by atoms with Crippen LogP contribution in [0.4, 0.5) is 0 Å². The van der Waals surface area contributed by atoms with Crippen molar-refractivity contribution in [3.05, 3.63) is 0 Å². The Kier molecular flexibility index (Phi) is 3.48. The van der Waals surface area contributed by atoms with Crippen LogP contribution in [0.5, 0.6) is 0 Å². The second-order valence-electron chi connectivity index (χ2n) is 5.47. The second-order valence-corrected chi connectivity index (χ2v) is 5.47. The van der Waals surface area contributed by atoms with Gasteiger partial charge in [-0.15, -0.1) is 6.42 Å². The van der Waals surface area contributed by atoms with Gasteiger partial charge < -0.3 is 4.74 Å². The number of nitrogens with one attached hydrogen (secondary N) is 1. The number of rotatable bonds is 4. The van der Waals surface area contributed by atoms with E-state index in [1.165, 1.54) is 0 Å². The van der Waals surface area contributed by atoms with E-state index in [-0.39, 0.29) is 11.0 Å². The van der Waals surface area contributed by atoms with Gasteiger partial charge in [-0.1, -0.05) is 19.8 Å². The van der Waals surface area contributed by atoms with Gasteiger partial charge >= 0.3 is 0 Å². The first-order chi connectivity index (χ1) is 6.83. The van der Waals surface area contributed by atoms with Gasteiger partial charge in [-0.05, 0) is 27.2 Å². The summed E-state index contributed by atoms with van der Waals surface area (Å²) in [6, 6.07) is 0.458. The summed E-state index contributed by atoms with van der Waals surface area (Å²) in [5.41, 5.74) is -0.0384. The third-order valence-corrected chi connectivity index (χ3v) is 3.44. The Morgan fingerprint density at radius 3 is 2.53 bits per heavy atom. The largest absolute Gasteiger partial charge is 0.378 e. The average Bonchev–Trinajstić information content (AvgIpc) is 2.16. The van der Waals surface area contributed by atoms with Crippen molar-refractivity contribution in [1.82, 2.24) is 5.32 Å². The molecule has 2 heteroatoms. The summed E-state index contributed by atoms with van der Waals surface area (Å²) in [4.78, 5) is 0. The van der Waals surface area contributed by atoms with Crippen molar-refractivity contribution in [2.24, 2.45) is 5.41 Å². The first-order valence-electron chi connectivity index (χ1n) is 5.70. The molecule has 86 valence electrons. The van der Waals surface area contributed by atoms with Crippen LogP contribution in [0.25, 0.3) is 0 Å². The van der Waals surface area contributed by atoms with Crippen LogP contribution in [0.2, 0.25) is 0 Å². The van der Waals surface area contributed by atoms with Crippen LogP contribution in [-0.4, -0.2) is 24.3 Å². The minimum absolute atomic E-state index is 0.185. The van der Waals surface area contributed by atoms with E-state index in [1.54, 1.807) is 0 Å². The van der Waals surface area contributed by atoms with Gasteiger partial charge in [0, 0.05) is 18.1 Å².